The van der Waals surface area contributed by atoms with Crippen LogP contribution in [0.1, 0.15) is 35.4 Å². The molecule has 0 bridgehead atoms. The van der Waals surface area contributed by atoms with Crippen LogP contribution in [-0.4, -0.2) is 28.2 Å². The molecule has 1 amide bonds. The van der Waals surface area contributed by atoms with E-state index in [0.717, 1.165) is 24.4 Å². The topological polar surface area (TPSA) is 54.9 Å². The van der Waals surface area contributed by atoms with Crippen LogP contribution in [0.2, 0.25) is 0 Å². The standard InChI is InChI=1S/C10H14FN3OS/c11-8-3-1-7(2-4-8)5-12-10(15)9-6-13-14-16-9/h6-8H,1-5H2,(H,12,15). The number of nitrogens with one attached hydrogen (secondary N) is 1. The molecule has 2 rings (SSSR count). The van der Waals surface area contributed by atoms with Gasteiger partial charge < -0.3 is 5.32 Å². The van der Waals surface area contributed by atoms with Crippen molar-refractivity contribution in [2.75, 3.05) is 6.54 Å². The molecule has 0 saturated heterocycles. The zero-order chi connectivity index (χ0) is 11.4. The van der Waals surface area contributed by atoms with E-state index in [-0.39, 0.29) is 5.91 Å². The maximum atomic E-state index is 12.9. The highest BCUT2D eigenvalue weighted by Crippen LogP contribution is 2.25. The SMILES string of the molecule is O=C(NCC1CCC(F)CC1)c1cnns1. The fraction of sp³-hybridized carbons (Fsp3) is 0.700. The van der Waals surface area contributed by atoms with E-state index in [4.69, 9.17) is 0 Å². The number of alkyl halides is 1. The summed E-state index contributed by atoms with van der Waals surface area (Å²) in [7, 11) is 0. The second kappa shape index (κ2) is 5.34. The Morgan fingerprint density at radius 1 is 1.50 bits per heavy atom. The van der Waals surface area contributed by atoms with Gasteiger partial charge in [0.2, 0.25) is 0 Å². The van der Waals surface area contributed by atoms with E-state index in [1.54, 1.807) is 0 Å². The highest BCUT2D eigenvalue weighted by Gasteiger charge is 2.21. The molecular formula is C10H14FN3OS. The van der Waals surface area contributed by atoms with Gasteiger partial charge in [-0.1, -0.05) is 4.49 Å². The third-order valence-corrected chi connectivity index (χ3v) is 3.58. The average Bonchev–Trinajstić information content (AvgIpc) is 2.81. The minimum Gasteiger partial charge on any atom is -0.351 e. The largest absolute Gasteiger partial charge is 0.351 e. The number of hydrogen-bond acceptors (Lipinski definition) is 4. The molecule has 4 nitrogen and oxygen atoms in total. The van der Waals surface area contributed by atoms with E-state index in [2.05, 4.69) is 14.9 Å². The molecule has 0 aromatic carbocycles. The Kier molecular flexibility index (Phi) is 3.82. The first-order valence-corrected chi connectivity index (χ1v) is 6.22. The summed E-state index contributed by atoms with van der Waals surface area (Å²) >= 11 is 1.08. The Morgan fingerprint density at radius 2 is 2.25 bits per heavy atom. The van der Waals surface area contributed by atoms with Gasteiger partial charge in [0, 0.05) is 6.54 Å². The maximum Gasteiger partial charge on any atom is 0.264 e. The normalized spacial score (nSPS) is 25.3. The van der Waals surface area contributed by atoms with Crippen LogP contribution in [-0.2, 0) is 0 Å². The molecule has 0 atom stereocenters. The average molecular weight is 243 g/mol. The molecular weight excluding hydrogens is 229 g/mol. The van der Waals surface area contributed by atoms with Crippen LogP contribution in [0, 0.1) is 5.92 Å². The van der Waals surface area contributed by atoms with Gasteiger partial charge in [0.1, 0.15) is 11.0 Å². The molecule has 1 saturated carbocycles. The lowest BCUT2D eigenvalue weighted by atomic mass is 9.88. The number of aromatic nitrogens is 2. The minimum absolute atomic E-state index is 0.127. The number of rotatable bonds is 3. The molecule has 1 N–H and O–H groups in total. The smallest absolute Gasteiger partial charge is 0.264 e. The van der Waals surface area contributed by atoms with Crippen LogP contribution in [0.25, 0.3) is 0 Å². The summed E-state index contributed by atoms with van der Waals surface area (Å²) in [5.74, 6) is 0.286. The predicted molar refractivity (Wildman–Crippen MR) is 59.1 cm³/mol. The highest BCUT2D eigenvalue weighted by atomic mass is 32.1. The Hall–Kier alpha value is -1.04. The summed E-state index contributed by atoms with van der Waals surface area (Å²) in [6.07, 6.45) is 3.80. The van der Waals surface area contributed by atoms with Crippen molar-refractivity contribution < 1.29 is 9.18 Å². The van der Waals surface area contributed by atoms with Gasteiger partial charge in [-0.2, -0.15) is 0 Å². The van der Waals surface area contributed by atoms with Crippen molar-refractivity contribution in [3.05, 3.63) is 11.1 Å². The summed E-state index contributed by atoms with van der Waals surface area (Å²) in [5.41, 5.74) is 0. The molecule has 0 aliphatic heterocycles. The fourth-order valence-corrected chi connectivity index (χ4v) is 2.35. The van der Waals surface area contributed by atoms with Crippen molar-refractivity contribution in [3.63, 3.8) is 0 Å². The van der Waals surface area contributed by atoms with Gasteiger partial charge in [-0.25, -0.2) is 4.39 Å². The number of nitrogens with zero attached hydrogens (tertiary/aromatic N) is 2. The Labute approximate surface area is 97.4 Å². The molecule has 6 heteroatoms. The first kappa shape index (κ1) is 11.4. The molecule has 1 aliphatic carbocycles. The molecule has 0 spiro atoms. The van der Waals surface area contributed by atoms with Gasteiger partial charge in [0.15, 0.2) is 0 Å². The zero-order valence-corrected chi connectivity index (χ0v) is 9.67. The third-order valence-electron chi connectivity index (χ3n) is 2.91. The summed E-state index contributed by atoms with van der Waals surface area (Å²) < 4.78 is 16.5. The molecule has 1 aliphatic rings. The second-order valence-electron chi connectivity index (χ2n) is 4.11. The van der Waals surface area contributed by atoms with E-state index in [1.807, 2.05) is 0 Å². The van der Waals surface area contributed by atoms with Gasteiger partial charge in [0.05, 0.1) is 6.20 Å². The van der Waals surface area contributed by atoms with Crippen molar-refractivity contribution in [3.8, 4) is 0 Å². The van der Waals surface area contributed by atoms with Crippen molar-refractivity contribution in [2.24, 2.45) is 5.92 Å². The fourth-order valence-electron chi connectivity index (χ4n) is 1.92. The first-order chi connectivity index (χ1) is 7.75. The lowest BCUT2D eigenvalue weighted by Gasteiger charge is -2.24. The minimum atomic E-state index is -0.641. The van der Waals surface area contributed by atoms with Crippen molar-refractivity contribution in [1.82, 2.24) is 14.9 Å². The Bertz CT molecular complexity index is 336. The van der Waals surface area contributed by atoms with E-state index in [1.165, 1.54) is 6.20 Å². The summed E-state index contributed by atoms with van der Waals surface area (Å²) in [4.78, 5) is 12.1. The number of amides is 1. The molecule has 0 unspecified atom stereocenters. The Morgan fingerprint density at radius 3 is 2.88 bits per heavy atom. The molecule has 88 valence electrons. The van der Waals surface area contributed by atoms with Crippen LogP contribution in [0.4, 0.5) is 4.39 Å². The number of halogens is 1. The van der Waals surface area contributed by atoms with E-state index in [0.29, 0.717) is 30.2 Å². The predicted octanol–water partition coefficient (Wildman–Crippen LogP) is 1.80. The Balaban J connectivity index is 1.73. The number of hydrogen-bond donors (Lipinski definition) is 1. The highest BCUT2D eigenvalue weighted by molar-refractivity contribution is 7.07. The summed E-state index contributed by atoms with van der Waals surface area (Å²) in [6, 6.07) is 0. The molecule has 1 fully saturated rings. The number of carbonyl (C=O) groups is 1. The van der Waals surface area contributed by atoms with Crippen LogP contribution in [0.15, 0.2) is 6.20 Å². The lowest BCUT2D eigenvalue weighted by molar-refractivity contribution is 0.0943. The zero-order valence-electron chi connectivity index (χ0n) is 8.86. The van der Waals surface area contributed by atoms with Crippen LogP contribution in [0.5, 0.6) is 0 Å². The lowest BCUT2D eigenvalue weighted by Crippen LogP contribution is -2.31. The van der Waals surface area contributed by atoms with Gasteiger partial charge in [-0.3, -0.25) is 4.79 Å². The molecule has 1 aromatic heterocycles. The quantitative estimate of drug-likeness (QED) is 0.880. The first-order valence-electron chi connectivity index (χ1n) is 5.45. The van der Waals surface area contributed by atoms with Gasteiger partial charge in [-0.05, 0) is 43.1 Å². The van der Waals surface area contributed by atoms with Crippen molar-refractivity contribution >= 4 is 17.4 Å². The van der Waals surface area contributed by atoms with Crippen molar-refractivity contribution in [1.29, 1.82) is 0 Å². The third kappa shape index (κ3) is 2.98. The molecule has 16 heavy (non-hydrogen) atoms. The van der Waals surface area contributed by atoms with Crippen LogP contribution in [0.3, 0.4) is 0 Å². The van der Waals surface area contributed by atoms with Crippen LogP contribution >= 0.6 is 11.5 Å². The van der Waals surface area contributed by atoms with Gasteiger partial charge in [-0.15, -0.1) is 5.10 Å². The monoisotopic (exact) mass is 243 g/mol. The maximum absolute atomic E-state index is 12.9. The summed E-state index contributed by atoms with van der Waals surface area (Å²) in [5, 5.41) is 6.44. The molecule has 1 aromatic rings. The van der Waals surface area contributed by atoms with Crippen LogP contribution < -0.4 is 5.32 Å². The van der Waals surface area contributed by atoms with E-state index >= 15 is 0 Å². The molecule has 1 heterocycles. The van der Waals surface area contributed by atoms with E-state index in [9.17, 15) is 9.18 Å². The van der Waals surface area contributed by atoms with Gasteiger partial charge in [0.25, 0.3) is 5.91 Å². The van der Waals surface area contributed by atoms with Crippen molar-refractivity contribution in [2.45, 2.75) is 31.9 Å². The second-order valence-corrected chi connectivity index (χ2v) is 4.90. The molecule has 0 radical (unpaired) electrons. The van der Waals surface area contributed by atoms with Gasteiger partial charge >= 0.3 is 0 Å². The number of carbonyl (C=O) groups excluding carboxylic acids is 1. The summed E-state index contributed by atoms with van der Waals surface area (Å²) in [6.45, 7) is 0.628. The van der Waals surface area contributed by atoms with E-state index < -0.39 is 6.17 Å².